The van der Waals surface area contributed by atoms with Gasteiger partial charge < -0.3 is 25.8 Å². The summed E-state index contributed by atoms with van der Waals surface area (Å²) in [5.74, 6) is 4.76. The molecular formula is C20H22FN5O5S2. The molecule has 0 radical (unpaired) electrons. The minimum atomic E-state index is -0.634. The van der Waals surface area contributed by atoms with Crippen LogP contribution < -0.4 is 16.3 Å². The van der Waals surface area contributed by atoms with E-state index in [1.807, 2.05) is 0 Å². The van der Waals surface area contributed by atoms with Crippen molar-refractivity contribution in [1.82, 2.24) is 14.9 Å². The standard InChI is InChI=1S/C20H22FN5O5S2/c1-3-29-18(27)15-11(16(33-17(15)22)19(28)30-4-2)10-32-20-25-24-14(26(20)23)9-31-13-8-6-5-7-12(13)21/h5-8H,3-4,9-10,22-23H2,1-2H3. The van der Waals surface area contributed by atoms with Gasteiger partial charge in [0.2, 0.25) is 5.16 Å². The van der Waals surface area contributed by atoms with Crippen molar-refractivity contribution >= 4 is 40.0 Å². The van der Waals surface area contributed by atoms with Gasteiger partial charge in [-0.1, -0.05) is 23.9 Å². The molecule has 0 aliphatic rings. The molecule has 10 nitrogen and oxygen atoms in total. The number of nitrogens with zero attached hydrogens (tertiary/aromatic N) is 3. The normalized spacial score (nSPS) is 10.8. The Hall–Kier alpha value is -3.32. The molecule has 4 N–H and O–H groups in total. The van der Waals surface area contributed by atoms with E-state index in [9.17, 15) is 14.0 Å². The van der Waals surface area contributed by atoms with Crippen LogP contribution in [-0.2, 0) is 21.8 Å². The number of hydrogen-bond acceptors (Lipinski definition) is 11. The third-order valence-corrected chi connectivity index (χ3v) is 6.26. The van der Waals surface area contributed by atoms with Crippen LogP contribution in [0.3, 0.4) is 0 Å². The van der Waals surface area contributed by atoms with E-state index in [2.05, 4.69) is 10.2 Å². The lowest BCUT2D eigenvalue weighted by Gasteiger charge is -2.08. The number of benzene rings is 1. The fourth-order valence-corrected chi connectivity index (χ4v) is 4.72. The maximum atomic E-state index is 13.7. The molecule has 0 aliphatic heterocycles. The summed E-state index contributed by atoms with van der Waals surface area (Å²) in [5, 5.41) is 8.42. The second-order valence-electron chi connectivity index (χ2n) is 6.37. The average molecular weight is 496 g/mol. The lowest BCUT2D eigenvalue weighted by atomic mass is 10.1. The van der Waals surface area contributed by atoms with Crippen LogP contribution in [-0.4, -0.2) is 40.0 Å². The van der Waals surface area contributed by atoms with Gasteiger partial charge in [0, 0.05) is 11.3 Å². The van der Waals surface area contributed by atoms with E-state index in [-0.39, 0.29) is 57.7 Å². The summed E-state index contributed by atoms with van der Waals surface area (Å²) < 4.78 is 30.5. The van der Waals surface area contributed by atoms with Gasteiger partial charge in [0.15, 0.2) is 17.4 Å². The number of thiophene rings is 1. The Morgan fingerprint density at radius 1 is 1.15 bits per heavy atom. The molecule has 2 aromatic heterocycles. The molecule has 0 atom stereocenters. The minimum Gasteiger partial charge on any atom is -0.482 e. The highest BCUT2D eigenvalue weighted by molar-refractivity contribution is 7.98. The summed E-state index contributed by atoms with van der Waals surface area (Å²) in [6.07, 6.45) is 0. The van der Waals surface area contributed by atoms with Crippen LogP contribution >= 0.6 is 23.1 Å². The number of thioether (sulfide) groups is 1. The van der Waals surface area contributed by atoms with Crippen molar-refractivity contribution in [3.05, 3.63) is 51.9 Å². The van der Waals surface area contributed by atoms with Crippen LogP contribution in [0, 0.1) is 5.82 Å². The SMILES string of the molecule is CCOC(=O)c1sc(N)c(C(=O)OCC)c1CSc1nnc(COc2ccccc2F)n1N. The highest BCUT2D eigenvalue weighted by Crippen LogP contribution is 2.36. The van der Waals surface area contributed by atoms with Crippen molar-refractivity contribution in [3.8, 4) is 5.75 Å². The molecule has 0 fully saturated rings. The smallest absolute Gasteiger partial charge is 0.348 e. The average Bonchev–Trinajstić information content (AvgIpc) is 3.31. The second-order valence-corrected chi connectivity index (χ2v) is 8.36. The van der Waals surface area contributed by atoms with Crippen LogP contribution in [0.25, 0.3) is 0 Å². The van der Waals surface area contributed by atoms with Crippen molar-refractivity contribution in [2.45, 2.75) is 31.4 Å². The molecule has 3 rings (SSSR count). The Kier molecular flexibility index (Phi) is 8.11. The lowest BCUT2D eigenvalue weighted by molar-refractivity contribution is 0.0527. The van der Waals surface area contributed by atoms with Gasteiger partial charge in [-0.25, -0.2) is 18.7 Å². The van der Waals surface area contributed by atoms with Gasteiger partial charge in [-0.05, 0) is 26.0 Å². The Morgan fingerprint density at radius 2 is 1.85 bits per heavy atom. The lowest BCUT2D eigenvalue weighted by Crippen LogP contribution is -2.16. The summed E-state index contributed by atoms with van der Waals surface area (Å²) in [7, 11) is 0. The third-order valence-electron chi connectivity index (χ3n) is 4.25. The molecule has 2 heterocycles. The van der Waals surface area contributed by atoms with E-state index in [1.54, 1.807) is 26.0 Å². The van der Waals surface area contributed by atoms with E-state index < -0.39 is 17.8 Å². The molecule has 33 heavy (non-hydrogen) atoms. The number of esters is 2. The van der Waals surface area contributed by atoms with E-state index in [4.69, 9.17) is 25.8 Å². The van der Waals surface area contributed by atoms with Crippen molar-refractivity contribution in [3.63, 3.8) is 0 Å². The molecule has 0 saturated heterocycles. The zero-order chi connectivity index (χ0) is 24.0. The number of carbonyl (C=O) groups excluding carboxylic acids is 2. The fraction of sp³-hybridized carbons (Fsp3) is 0.300. The van der Waals surface area contributed by atoms with Gasteiger partial charge >= 0.3 is 11.9 Å². The van der Waals surface area contributed by atoms with E-state index in [1.165, 1.54) is 16.8 Å². The predicted molar refractivity (Wildman–Crippen MR) is 121 cm³/mol. The number of carbonyl (C=O) groups is 2. The largest absolute Gasteiger partial charge is 0.482 e. The monoisotopic (exact) mass is 495 g/mol. The van der Waals surface area contributed by atoms with E-state index in [0.29, 0.717) is 5.56 Å². The summed E-state index contributed by atoms with van der Waals surface area (Å²) in [6.45, 7) is 3.55. The van der Waals surface area contributed by atoms with Gasteiger partial charge in [-0.2, -0.15) is 0 Å². The van der Waals surface area contributed by atoms with Crippen LogP contribution in [0.1, 0.15) is 45.3 Å². The number of halogens is 1. The predicted octanol–water partition coefficient (Wildman–Crippen LogP) is 3.00. The Bertz CT molecular complexity index is 1150. The number of hydrogen-bond donors (Lipinski definition) is 2. The van der Waals surface area contributed by atoms with Gasteiger partial charge in [0.1, 0.15) is 16.5 Å². The van der Waals surface area contributed by atoms with Crippen molar-refractivity contribution in [2.75, 3.05) is 24.8 Å². The first-order chi connectivity index (χ1) is 15.9. The van der Waals surface area contributed by atoms with Crippen molar-refractivity contribution in [2.24, 2.45) is 0 Å². The first kappa shape index (κ1) is 24.3. The molecule has 1 aromatic carbocycles. The maximum Gasteiger partial charge on any atom is 0.348 e. The van der Waals surface area contributed by atoms with Crippen LogP contribution in [0.4, 0.5) is 9.39 Å². The quantitative estimate of drug-likeness (QED) is 0.245. The number of anilines is 1. The minimum absolute atomic E-state index is 0.0570. The molecular weight excluding hydrogens is 473 g/mol. The van der Waals surface area contributed by atoms with Gasteiger partial charge in [0.25, 0.3) is 0 Å². The number of aromatic nitrogens is 3. The number of ether oxygens (including phenoxy) is 3. The second kappa shape index (κ2) is 11.0. The summed E-state index contributed by atoms with van der Waals surface area (Å²) in [5.41, 5.74) is 6.49. The van der Waals surface area contributed by atoms with Crippen LogP contribution in [0.2, 0.25) is 0 Å². The zero-order valence-electron chi connectivity index (χ0n) is 17.9. The number of nitrogen functional groups attached to an aromatic ring is 2. The molecule has 0 bridgehead atoms. The molecule has 0 saturated carbocycles. The first-order valence-electron chi connectivity index (χ1n) is 9.82. The highest BCUT2D eigenvalue weighted by Gasteiger charge is 2.28. The summed E-state index contributed by atoms with van der Waals surface area (Å²) in [4.78, 5) is 25.1. The van der Waals surface area contributed by atoms with Gasteiger partial charge in [0.05, 0.1) is 18.8 Å². The molecule has 0 unspecified atom stereocenters. The topological polar surface area (TPSA) is 145 Å². The Balaban J connectivity index is 1.79. The van der Waals surface area contributed by atoms with Crippen molar-refractivity contribution < 1.29 is 28.2 Å². The number of nitrogens with two attached hydrogens (primary N) is 2. The Morgan fingerprint density at radius 3 is 2.55 bits per heavy atom. The van der Waals surface area contributed by atoms with Gasteiger partial charge in [-0.15, -0.1) is 21.5 Å². The van der Waals surface area contributed by atoms with E-state index >= 15 is 0 Å². The molecule has 0 amide bonds. The molecule has 13 heteroatoms. The first-order valence-corrected chi connectivity index (χ1v) is 11.6. The van der Waals surface area contributed by atoms with E-state index in [0.717, 1.165) is 23.1 Å². The maximum absolute atomic E-state index is 13.7. The van der Waals surface area contributed by atoms with Gasteiger partial charge in [-0.3, -0.25) is 0 Å². The molecule has 0 aliphatic carbocycles. The zero-order valence-corrected chi connectivity index (χ0v) is 19.5. The number of rotatable bonds is 10. The Labute approximate surface area is 197 Å². The molecule has 0 spiro atoms. The summed E-state index contributed by atoms with van der Waals surface area (Å²) >= 11 is 2.08. The number of para-hydroxylation sites is 1. The molecule has 3 aromatic rings. The third kappa shape index (κ3) is 5.54. The summed E-state index contributed by atoms with van der Waals surface area (Å²) in [6, 6.07) is 5.95. The highest BCUT2D eigenvalue weighted by atomic mass is 32.2. The van der Waals surface area contributed by atoms with Crippen LogP contribution in [0.15, 0.2) is 29.4 Å². The fourth-order valence-electron chi connectivity index (χ4n) is 2.76. The molecule has 176 valence electrons. The van der Waals surface area contributed by atoms with Crippen molar-refractivity contribution in [1.29, 1.82) is 0 Å². The van der Waals surface area contributed by atoms with Crippen LogP contribution in [0.5, 0.6) is 5.75 Å².